The van der Waals surface area contributed by atoms with Gasteiger partial charge in [0.05, 0.1) is 10.6 Å². The Kier molecular flexibility index (Phi) is 4.49. The Balaban J connectivity index is 2.22. The molecule has 2 aromatic rings. The molecule has 0 fully saturated rings. The molecule has 0 aliphatic heterocycles. The van der Waals surface area contributed by atoms with Crippen LogP contribution in [0.15, 0.2) is 35.4 Å². The fourth-order valence-corrected chi connectivity index (χ4v) is 3.01. The largest absolute Gasteiger partial charge is 0.272 e. The van der Waals surface area contributed by atoms with Crippen molar-refractivity contribution in [2.75, 3.05) is 14.1 Å². The number of benzene rings is 1. The molecule has 0 aliphatic rings. The third kappa shape index (κ3) is 3.33. The number of aryl methyl sites for hydroxylation is 2. The van der Waals surface area contributed by atoms with Gasteiger partial charge in [-0.3, -0.25) is 4.68 Å². The minimum absolute atomic E-state index is 0.317. The van der Waals surface area contributed by atoms with E-state index in [0.29, 0.717) is 4.90 Å². The van der Waals surface area contributed by atoms with Crippen molar-refractivity contribution in [1.29, 1.82) is 0 Å². The number of sulfonamides is 1. The molecular formula is C15H21N3O2S. The first kappa shape index (κ1) is 15.7. The number of aromatic nitrogens is 2. The van der Waals surface area contributed by atoms with Crippen LogP contribution in [0.25, 0.3) is 0 Å². The molecule has 0 radical (unpaired) electrons. The van der Waals surface area contributed by atoms with Crippen molar-refractivity contribution >= 4 is 10.0 Å². The summed E-state index contributed by atoms with van der Waals surface area (Å²) in [4.78, 5) is 0.317. The smallest absolute Gasteiger partial charge is 0.242 e. The summed E-state index contributed by atoms with van der Waals surface area (Å²) in [5.74, 6) is 0. The van der Waals surface area contributed by atoms with Crippen LogP contribution >= 0.6 is 0 Å². The van der Waals surface area contributed by atoms with Gasteiger partial charge in [-0.2, -0.15) is 5.10 Å². The quantitative estimate of drug-likeness (QED) is 0.849. The van der Waals surface area contributed by atoms with Crippen molar-refractivity contribution in [3.8, 4) is 0 Å². The fourth-order valence-electron chi connectivity index (χ4n) is 2.10. The second-order valence-electron chi connectivity index (χ2n) is 5.20. The van der Waals surface area contributed by atoms with Gasteiger partial charge in [0, 0.05) is 33.3 Å². The van der Waals surface area contributed by atoms with Gasteiger partial charge in [-0.25, -0.2) is 12.7 Å². The van der Waals surface area contributed by atoms with Gasteiger partial charge in [0.1, 0.15) is 0 Å². The Morgan fingerprint density at radius 1 is 1.19 bits per heavy atom. The van der Waals surface area contributed by atoms with Crippen molar-refractivity contribution in [3.05, 3.63) is 47.3 Å². The van der Waals surface area contributed by atoms with E-state index >= 15 is 0 Å². The SMILES string of the molecule is CCn1cc(Cc2ccc(S(=O)(=O)N(C)C)cc2)c(C)n1. The van der Waals surface area contributed by atoms with Crippen molar-refractivity contribution in [2.45, 2.75) is 31.7 Å². The first-order chi connectivity index (χ1) is 9.84. The minimum atomic E-state index is -3.36. The number of rotatable bonds is 5. The van der Waals surface area contributed by atoms with Gasteiger partial charge in [0.2, 0.25) is 10.0 Å². The predicted octanol–water partition coefficient (Wildman–Crippen LogP) is 2.05. The van der Waals surface area contributed by atoms with Crippen LogP contribution < -0.4 is 0 Å². The molecule has 21 heavy (non-hydrogen) atoms. The Hall–Kier alpha value is -1.66. The third-order valence-electron chi connectivity index (χ3n) is 3.47. The minimum Gasteiger partial charge on any atom is -0.272 e. The molecule has 6 heteroatoms. The van der Waals surface area contributed by atoms with Gasteiger partial charge in [-0.1, -0.05) is 12.1 Å². The summed E-state index contributed by atoms with van der Waals surface area (Å²) in [5.41, 5.74) is 3.26. The van der Waals surface area contributed by atoms with E-state index in [0.717, 1.165) is 24.2 Å². The summed E-state index contributed by atoms with van der Waals surface area (Å²) in [5, 5.41) is 4.42. The lowest BCUT2D eigenvalue weighted by Gasteiger charge is -2.11. The van der Waals surface area contributed by atoms with Crippen LogP contribution in [0.1, 0.15) is 23.7 Å². The van der Waals surface area contributed by atoms with E-state index in [9.17, 15) is 8.42 Å². The van der Waals surface area contributed by atoms with E-state index in [4.69, 9.17) is 0 Å². The average Bonchev–Trinajstić information content (AvgIpc) is 2.80. The number of hydrogen-bond acceptors (Lipinski definition) is 3. The molecule has 1 aromatic carbocycles. The van der Waals surface area contributed by atoms with Crippen molar-refractivity contribution in [1.82, 2.24) is 14.1 Å². The van der Waals surface area contributed by atoms with Crippen LogP contribution in [0.5, 0.6) is 0 Å². The van der Waals surface area contributed by atoms with Gasteiger partial charge in [-0.05, 0) is 37.1 Å². The molecule has 0 amide bonds. The topological polar surface area (TPSA) is 55.2 Å². The Bertz CT molecular complexity index is 716. The highest BCUT2D eigenvalue weighted by Crippen LogP contribution is 2.17. The summed E-state index contributed by atoms with van der Waals surface area (Å²) in [6.45, 7) is 4.89. The predicted molar refractivity (Wildman–Crippen MR) is 82.8 cm³/mol. The molecule has 0 unspecified atom stereocenters. The van der Waals surface area contributed by atoms with Gasteiger partial charge in [0.25, 0.3) is 0 Å². The molecule has 0 spiro atoms. The molecule has 0 atom stereocenters. The van der Waals surface area contributed by atoms with Crippen LogP contribution in [0, 0.1) is 6.92 Å². The summed E-state index contributed by atoms with van der Waals surface area (Å²) in [6.07, 6.45) is 2.80. The van der Waals surface area contributed by atoms with Crippen molar-refractivity contribution in [3.63, 3.8) is 0 Å². The van der Waals surface area contributed by atoms with Crippen LogP contribution in [0.3, 0.4) is 0 Å². The first-order valence-electron chi connectivity index (χ1n) is 6.89. The maximum absolute atomic E-state index is 12.0. The molecule has 0 N–H and O–H groups in total. The van der Waals surface area contributed by atoms with Crippen molar-refractivity contribution < 1.29 is 8.42 Å². The molecule has 0 aliphatic carbocycles. The molecule has 2 rings (SSSR count). The second kappa shape index (κ2) is 5.99. The molecule has 0 saturated carbocycles. The zero-order valence-corrected chi connectivity index (χ0v) is 13.7. The zero-order valence-electron chi connectivity index (χ0n) is 12.9. The van der Waals surface area contributed by atoms with E-state index in [1.165, 1.54) is 24.0 Å². The zero-order chi connectivity index (χ0) is 15.6. The van der Waals surface area contributed by atoms with Gasteiger partial charge in [-0.15, -0.1) is 0 Å². The summed E-state index contributed by atoms with van der Waals surface area (Å²) < 4.78 is 27.2. The Labute approximate surface area is 126 Å². The first-order valence-corrected chi connectivity index (χ1v) is 8.33. The monoisotopic (exact) mass is 307 g/mol. The molecule has 5 nitrogen and oxygen atoms in total. The van der Waals surface area contributed by atoms with Gasteiger partial charge < -0.3 is 0 Å². The third-order valence-corrected chi connectivity index (χ3v) is 5.30. The number of hydrogen-bond donors (Lipinski definition) is 0. The summed E-state index contributed by atoms with van der Waals surface area (Å²) >= 11 is 0. The molecule has 1 aromatic heterocycles. The van der Waals surface area contributed by atoms with Crippen molar-refractivity contribution in [2.24, 2.45) is 0 Å². The maximum atomic E-state index is 12.0. The van der Waals surface area contributed by atoms with E-state index in [-0.39, 0.29) is 0 Å². The average molecular weight is 307 g/mol. The Morgan fingerprint density at radius 3 is 2.29 bits per heavy atom. The second-order valence-corrected chi connectivity index (χ2v) is 7.36. The van der Waals surface area contributed by atoms with Gasteiger partial charge >= 0.3 is 0 Å². The van der Waals surface area contributed by atoms with E-state index in [2.05, 4.69) is 12.0 Å². The number of nitrogens with zero attached hydrogens (tertiary/aromatic N) is 3. The molecule has 0 saturated heterocycles. The van der Waals surface area contributed by atoms with E-state index in [1.54, 1.807) is 12.1 Å². The van der Waals surface area contributed by atoms with Crippen LogP contribution in [-0.4, -0.2) is 36.6 Å². The maximum Gasteiger partial charge on any atom is 0.242 e. The standard InChI is InChI=1S/C15H21N3O2S/c1-5-18-11-14(12(2)16-18)10-13-6-8-15(9-7-13)21(19,20)17(3)4/h6-9,11H,5,10H2,1-4H3. The van der Waals surface area contributed by atoms with Crippen LogP contribution in [0.4, 0.5) is 0 Å². The lowest BCUT2D eigenvalue weighted by Crippen LogP contribution is -2.22. The van der Waals surface area contributed by atoms with Crippen LogP contribution in [0.2, 0.25) is 0 Å². The normalized spacial score (nSPS) is 12.0. The molecule has 1 heterocycles. The summed E-state index contributed by atoms with van der Waals surface area (Å²) in [7, 11) is -0.291. The van der Waals surface area contributed by atoms with E-state index < -0.39 is 10.0 Å². The summed E-state index contributed by atoms with van der Waals surface area (Å²) in [6, 6.07) is 7.03. The highest BCUT2D eigenvalue weighted by Gasteiger charge is 2.16. The lowest BCUT2D eigenvalue weighted by atomic mass is 10.1. The van der Waals surface area contributed by atoms with Gasteiger partial charge in [0.15, 0.2) is 0 Å². The molecular weight excluding hydrogens is 286 g/mol. The Morgan fingerprint density at radius 2 is 1.81 bits per heavy atom. The highest BCUT2D eigenvalue weighted by atomic mass is 32.2. The fraction of sp³-hybridized carbons (Fsp3) is 0.400. The molecule has 0 bridgehead atoms. The van der Waals surface area contributed by atoms with Crippen LogP contribution in [-0.2, 0) is 23.0 Å². The lowest BCUT2D eigenvalue weighted by molar-refractivity contribution is 0.520. The molecule has 114 valence electrons. The van der Waals surface area contributed by atoms with E-state index in [1.807, 2.05) is 29.9 Å². The highest BCUT2D eigenvalue weighted by molar-refractivity contribution is 7.89.